The van der Waals surface area contributed by atoms with Crippen molar-refractivity contribution in [3.05, 3.63) is 35.4 Å². The normalized spacial score (nSPS) is 27.5. The van der Waals surface area contributed by atoms with Gasteiger partial charge >= 0.3 is 0 Å². The first-order valence-corrected chi connectivity index (χ1v) is 7.63. The van der Waals surface area contributed by atoms with Crippen molar-refractivity contribution in [2.75, 3.05) is 0 Å². The molecule has 0 amide bonds. The average molecular weight is 258 g/mol. The second-order valence-corrected chi connectivity index (χ2v) is 6.61. The molecule has 0 bridgehead atoms. The van der Waals surface area contributed by atoms with Crippen molar-refractivity contribution in [2.45, 2.75) is 52.9 Å². The van der Waals surface area contributed by atoms with Crippen LogP contribution in [0.4, 0.5) is 0 Å². The van der Waals surface area contributed by atoms with Gasteiger partial charge in [0.1, 0.15) is 0 Å². The van der Waals surface area contributed by atoms with Gasteiger partial charge in [0.2, 0.25) is 0 Å². The van der Waals surface area contributed by atoms with E-state index in [-0.39, 0.29) is 5.92 Å². The van der Waals surface area contributed by atoms with Gasteiger partial charge in [-0.25, -0.2) is 0 Å². The third-order valence-electron chi connectivity index (χ3n) is 4.83. The second kappa shape index (κ2) is 5.90. The maximum atomic E-state index is 12.5. The Morgan fingerprint density at radius 3 is 2.21 bits per heavy atom. The molecular weight excluding hydrogens is 232 g/mol. The molecule has 1 aromatic carbocycles. The van der Waals surface area contributed by atoms with Crippen molar-refractivity contribution < 1.29 is 4.79 Å². The zero-order valence-electron chi connectivity index (χ0n) is 12.6. The Kier molecular flexibility index (Phi) is 4.44. The van der Waals surface area contributed by atoms with E-state index in [1.165, 1.54) is 12.0 Å². The fourth-order valence-corrected chi connectivity index (χ4v) is 3.05. The van der Waals surface area contributed by atoms with Crippen LogP contribution in [-0.2, 0) is 0 Å². The van der Waals surface area contributed by atoms with Crippen LogP contribution in [0.3, 0.4) is 0 Å². The van der Waals surface area contributed by atoms with Crippen LogP contribution < -0.4 is 0 Å². The minimum atomic E-state index is 0.246. The maximum Gasteiger partial charge on any atom is 0.165 e. The lowest BCUT2D eigenvalue weighted by atomic mass is 9.73. The van der Waals surface area contributed by atoms with Crippen molar-refractivity contribution in [1.29, 1.82) is 0 Å². The number of Topliss-reactive ketones (excluding diaryl/α,β-unsaturated/α-hetero) is 1. The number of benzene rings is 1. The standard InChI is InChI=1S/C18H26O/c1-12(2)15-7-9-16(10-8-15)18(19)17-6-5-13(3)14(4)11-17/h7-10,12-14,17H,5-6,11H2,1-4H3. The fourth-order valence-electron chi connectivity index (χ4n) is 3.05. The molecule has 1 fully saturated rings. The van der Waals surface area contributed by atoms with E-state index in [1.807, 2.05) is 12.1 Å². The summed E-state index contributed by atoms with van der Waals surface area (Å²) in [7, 11) is 0. The number of carbonyl (C=O) groups is 1. The minimum absolute atomic E-state index is 0.246. The molecule has 1 aliphatic rings. The highest BCUT2D eigenvalue weighted by molar-refractivity contribution is 5.97. The predicted molar refractivity (Wildman–Crippen MR) is 80.5 cm³/mol. The first-order valence-electron chi connectivity index (χ1n) is 7.63. The van der Waals surface area contributed by atoms with Crippen LogP contribution >= 0.6 is 0 Å². The van der Waals surface area contributed by atoms with Crippen molar-refractivity contribution in [2.24, 2.45) is 17.8 Å². The van der Waals surface area contributed by atoms with E-state index < -0.39 is 0 Å². The number of hydrogen-bond acceptors (Lipinski definition) is 1. The summed E-state index contributed by atoms with van der Waals surface area (Å²) in [5.41, 5.74) is 2.21. The van der Waals surface area contributed by atoms with Gasteiger partial charge in [-0.05, 0) is 42.6 Å². The van der Waals surface area contributed by atoms with E-state index >= 15 is 0 Å². The van der Waals surface area contributed by atoms with Gasteiger partial charge in [-0.3, -0.25) is 4.79 Å². The molecule has 104 valence electrons. The summed E-state index contributed by atoms with van der Waals surface area (Å²) in [6.45, 7) is 8.96. The van der Waals surface area contributed by atoms with Crippen molar-refractivity contribution in [3.8, 4) is 0 Å². The molecule has 0 aromatic heterocycles. The molecule has 3 unspecified atom stereocenters. The van der Waals surface area contributed by atoms with Crippen molar-refractivity contribution in [3.63, 3.8) is 0 Å². The van der Waals surface area contributed by atoms with Gasteiger partial charge in [-0.1, -0.05) is 52.0 Å². The van der Waals surface area contributed by atoms with Crippen LogP contribution in [0.15, 0.2) is 24.3 Å². The number of carbonyl (C=O) groups excluding carboxylic acids is 1. The molecule has 1 aliphatic carbocycles. The summed E-state index contributed by atoms with van der Waals surface area (Å²) < 4.78 is 0. The van der Waals surface area contributed by atoms with Gasteiger partial charge in [0.05, 0.1) is 0 Å². The largest absolute Gasteiger partial charge is 0.294 e. The summed E-state index contributed by atoms with van der Waals surface area (Å²) in [6, 6.07) is 8.24. The Hall–Kier alpha value is -1.11. The van der Waals surface area contributed by atoms with E-state index in [9.17, 15) is 4.79 Å². The molecule has 1 heteroatoms. The van der Waals surface area contributed by atoms with Crippen LogP contribution in [0.2, 0.25) is 0 Å². The van der Waals surface area contributed by atoms with E-state index in [0.29, 0.717) is 17.6 Å². The van der Waals surface area contributed by atoms with E-state index in [4.69, 9.17) is 0 Å². The van der Waals surface area contributed by atoms with Gasteiger partial charge in [-0.2, -0.15) is 0 Å². The average Bonchev–Trinajstić information content (AvgIpc) is 2.41. The highest BCUT2D eigenvalue weighted by Gasteiger charge is 2.29. The zero-order chi connectivity index (χ0) is 14.0. The van der Waals surface area contributed by atoms with Gasteiger partial charge in [0.25, 0.3) is 0 Å². The van der Waals surface area contributed by atoms with E-state index in [0.717, 1.165) is 24.3 Å². The molecule has 0 N–H and O–H groups in total. The Balaban J connectivity index is 2.07. The van der Waals surface area contributed by atoms with Crippen molar-refractivity contribution >= 4 is 5.78 Å². The van der Waals surface area contributed by atoms with Gasteiger partial charge in [0.15, 0.2) is 5.78 Å². The van der Waals surface area contributed by atoms with Gasteiger partial charge in [0, 0.05) is 11.5 Å². The van der Waals surface area contributed by atoms with Crippen LogP contribution in [0.5, 0.6) is 0 Å². The summed E-state index contributed by atoms with van der Waals surface area (Å²) in [4.78, 5) is 12.5. The molecular formula is C18H26O. The van der Waals surface area contributed by atoms with E-state index in [1.54, 1.807) is 0 Å². The predicted octanol–water partition coefficient (Wildman–Crippen LogP) is 5.07. The molecule has 1 saturated carbocycles. The van der Waals surface area contributed by atoms with Crippen LogP contribution in [0.25, 0.3) is 0 Å². The summed E-state index contributed by atoms with van der Waals surface area (Å²) in [5, 5.41) is 0. The summed E-state index contributed by atoms with van der Waals surface area (Å²) in [5.74, 6) is 2.58. The number of ketones is 1. The number of rotatable bonds is 3. The van der Waals surface area contributed by atoms with Crippen LogP contribution in [0, 0.1) is 17.8 Å². The molecule has 0 radical (unpaired) electrons. The fraction of sp³-hybridized carbons (Fsp3) is 0.611. The lowest BCUT2D eigenvalue weighted by Crippen LogP contribution is -2.26. The zero-order valence-corrected chi connectivity index (χ0v) is 12.6. The molecule has 19 heavy (non-hydrogen) atoms. The molecule has 0 aliphatic heterocycles. The molecule has 0 spiro atoms. The highest BCUT2D eigenvalue weighted by atomic mass is 16.1. The molecule has 3 atom stereocenters. The van der Waals surface area contributed by atoms with Crippen molar-refractivity contribution in [1.82, 2.24) is 0 Å². The quantitative estimate of drug-likeness (QED) is 0.692. The molecule has 1 aromatic rings. The Bertz CT molecular complexity index is 430. The van der Waals surface area contributed by atoms with Crippen LogP contribution in [0.1, 0.15) is 68.8 Å². The lowest BCUT2D eigenvalue weighted by molar-refractivity contribution is 0.0837. The Morgan fingerprint density at radius 2 is 1.68 bits per heavy atom. The third-order valence-corrected chi connectivity index (χ3v) is 4.83. The van der Waals surface area contributed by atoms with Crippen LogP contribution in [-0.4, -0.2) is 5.78 Å². The number of hydrogen-bond donors (Lipinski definition) is 0. The Labute approximate surface area is 117 Å². The monoisotopic (exact) mass is 258 g/mol. The first-order chi connectivity index (χ1) is 8.99. The minimum Gasteiger partial charge on any atom is -0.294 e. The summed E-state index contributed by atoms with van der Waals surface area (Å²) in [6.07, 6.45) is 3.32. The van der Waals surface area contributed by atoms with Gasteiger partial charge in [-0.15, -0.1) is 0 Å². The highest BCUT2D eigenvalue weighted by Crippen LogP contribution is 2.35. The SMILES string of the molecule is CC(C)c1ccc(C(=O)C2CCC(C)C(C)C2)cc1. The maximum absolute atomic E-state index is 12.5. The van der Waals surface area contributed by atoms with Gasteiger partial charge < -0.3 is 0 Å². The third kappa shape index (κ3) is 3.26. The topological polar surface area (TPSA) is 17.1 Å². The molecule has 2 rings (SSSR count). The molecule has 0 heterocycles. The molecule has 0 saturated heterocycles. The van der Waals surface area contributed by atoms with E-state index in [2.05, 4.69) is 39.8 Å². The molecule has 1 nitrogen and oxygen atoms in total. The second-order valence-electron chi connectivity index (χ2n) is 6.61. The summed E-state index contributed by atoms with van der Waals surface area (Å²) >= 11 is 0. The smallest absolute Gasteiger partial charge is 0.165 e. The lowest BCUT2D eigenvalue weighted by Gasteiger charge is -2.31. The first kappa shape index (κ1) is 14.3. The Morgan fingerprint density at radius 1 is 1.05 bits per heavy atom.